The average molecular weight is 2010 g/mol. The summed E-state index contributed by atoms with van der Waals surface area (Å²) in [5.41, 5.74) is -14.4. The van der Waals surface area contributed by atoms with Gasteiger partial charge in [0.15, 0.2) is 0 Å². The van der Waals surface area contributed by atoms with E-state index >= 15 is 0 Å². The molecule has 6 atom stereocenters. The van der Waals surface area contributed by atoms with Gasteiger partial charge in [-0.25, -0.2) is 40.7 Å². The van der Waals surface area contributed by atoms with Crippen LogP contribution < -0.4 is 48.6 Å². The number of anilines is 3. The third-order valence-corrected chi connectivity index (χ3v) is 22.6. The fourth-order valence-corrected chi connectivity index (χ4v) is 15.2. The van der Waals surface area contributed by atoms with E-state index in [4.69, 9.17) is 0 Å². The van der Waals surface area contributed by atoms with Crippen LogP contribution in [-0.4, -0.2) is 134 Å². The Morgan fingerprint density at radius 3 is 0.738 bits per heavy atom. The van der Waals surface area contributed by atoms with Crippen LogP contribution in [0.25, 0.3) is 66.1 Å². The monoisotopic (exact) mass is 2010 g/mol. The molecule has 0 saturated carbocycles. The molecule has 12 rings (SSSR count). The predicted octanol–water partition coefficient (Wildman–Crippen LogP) is 19.2. The smallest absolute Gasteiger partial charge is 0.417 e. The van der Waals surface area contributed by atoms with Crippen molar-refractivity contribution in [2.45, 2.75) is 153 Å². The summed E-state index contributed by atoms with van der Waals surface area (Å²) in [7, 11) is 3.89. The predicted molar refractivity (Wildman–Crippen MR) is 465 cm³/mol. The normalized spacial score (nSPS) is 13.3. The first kappa shape index (κ1) is 108. The quantitative estimate of drug-likeness (QED) is 0.0216. The lowest BCUT2D eigenvalue weighted by atomic mass is 9.93. The van der Waals surface area contributed by atoms with Crippen LogP contribution >= 0.6 is 0 Å². The maximum absolute atomic E-state index is 14.8. The molecule has 0 aliphatic carbocycles. The molecular formula is C93H78F24N12O12. The van der Waals surface area contributed by atoms with Gasteiger partial charge in [0.05, 0.1) is 49.9 Å². The van der Waals surface area contributed by atoms with Crippen LogP contribution in [0.15, 0.2) is 160 Å². The standard InChI is InChI=1S/3C31H26F8N4O4/c3*1-4-23(31(37,38)39)41-16-12-20(32)25(21(33)13-16)27(44)42-22(29(46)47)11-15-7-8-18(26-17(15)6-5-9-40-26)24-19(30(34,35)36)10-14(2)43(3)28(24)45/h3*5-10,12-13,22-23,41H,4,11H2,1-3H3,(H,42,44)(H,46,47)/t3*22-,23+/m000/s1. The van der Waals surface area contributed by atoms with Crippen LogP contribution in [0.4, 0.5) is 122 Å². The zero-order valence-electron chi connectivity index (χ0n) is 74.3. The first-order valence-electron chi connectivity index (χ1n) is 41.6. The Labute approximate surface area is 779 Å². The summed E-state index contributed by atoms with van der Waals surface area (Å²) in [6, 6.07) is 8.90. The second kappa shape index (κ2) is 42.3. The largest absolute Gasteiger partial charge is 0.480 e. The molecule has 6 aromatic heterocycles. The van der Waals surface area contributed by atoms with Crippen molar-refractivity contribution < 1.29 is 149 Å². The zero-order chi connectivity index (χ0) is 105. The van der Waals surface area contributed by atoms with Gasteiger partial charge in [-0.15, -0.1) is 0 Å². The molecule has 750 valence electrons. The van der Waals surface area contributed by atoms with Crippen molar-refractivity contribution in [3.63, 3.8) is 0 Å². The Morgan fingerprint density at radius 2 is 0.553 bits per heavy atom. The minimum absolute atomic E-state index is 0.0465. The second-order valence-electron chi connectivity index (χ2n) is 31.9. The van der Waals surface area contributed by atoms with Crippen LogP contribution in [0.1, 0.15) is 122 Å². The minimum Gasteiger partial charge on any atom is -0.480 e. The lowest BCUT2D eigenvalue weighted by Crippen LogP contribution is -2.43. The highest BCUT2D eigenvalue weighted by atomic mass is 19.4. The van der Waals surface area contributed by atoms with E-state index in [9.17, 15) is 164 Å². The number of carboxylic acids is 3. The Balaban J connectivity index is 0.000000218. The third-order valence-electron chi connectivity index (χ3n) is 22.6. The Bertz CT molecular complexity index is 6350. The molecule has 6 aromatic carbocycles. The number of alkyl halides is 18. The molecular weight excluding hydrogens is 1930 g/mol. The summed E-state index contributed by atoms with van der Waals surface area (Å²) < 4.78 is 336. The van der Waals surface area contributed by atoms with Gasteiger partial charge < -0.3 is 60.9 Å². The van der Waals surface area contributed by atoms with Gasteiger partial charge in [-0.3, -0.25) is 43.7 Å². The molecule has 0 spiro atoms. The second-order valence-corrected chi connectivity index (χ2v) is 31.9. The molecule has 0 radical (unpaired) electrons. The van der Waals surface area contributed by atoms with Gasteiger partial charge in [-0.1, -0.05) is 75.4 Å². The highest BCUT2D eigenvalue weighted by Gasteiger charge is 2.45. The maximum Gasteiger partial charge on any atom is 0.417 e. The molecule has 48 heteroatoms. The maximum atomic E-state index is 14.8. The molecule has 0 fully saturated rings. The van der Waals surface area contributed by atoms with Gasteiger partial charge >= 0.3 is 55.0 Å². The van der Waals surface area contributed by atoms with Crippen molar-refractivity contribution in [3.05, 3.63) is 279 Å². The number of rotatable bonds is 27. The number of carbonyl (C=O) groups excluding carboxylic acids is 3. The van der Waals surface area contributed by atoms with Gasteiger partial charge in [0.2, 0.25) is 0 Å². The summed E-state index contributed by atoms with van der Waals surface area (Å²) in [5, 5.41) is 41.7. The number of nitrogens with one attached hydrogen (secondary N) is 6. The van der Waals surface area contributed by atoms with Gasteiger partial charge in [-0.05, 0) is 130 Å². The summed E-state index contributed by atoms with van der Waals surface area (Å²) in [4.78, 5) is 127. The number of amides is 3. The number of hydrogen-bond donors (Lipinski definition) is 9. The van der Waals surface area contributed by atoms with Crippen molar-refractivity contribution in [1.29, 1.82) is 0 Å². The van der Waals surface area contributed by atoms with Gasteiger partial charge in [0, 0.05) is 126 Å². The number of hydrogen-bond acceptors (Lipinski definition) is 15. The SMILES string of the molecule is CC[C@@H](Nc1cc(F)c(C(=O)N[C@@H](Cc2ccc(-c3c(C(F)(F)F)cc(C)n(C)c3=O)c3ncccc23)C(=O)O)c(F)c1)C(F)(F)F.CC[C@@H](Nc1cc(F)c(C(=O)N[C@@H](Cc2ccc(-c3c(C(F)(F)F)cc(C)n(C)c3=O)c3ncccc23)C(=O)O)c(F)c1)C(F)(F)F.CC[C@@H](Nc1cc(F)c(C(=O)N[C@@H](Cc2ccc(-c3c(C(F)(F)F)cc(C)n(C)c3=O)c3ncccc23)C(=O)O)c(F)c1)C(F)(F)F. The molecule has 141 heavy (non-hydrogen) atoms. The third kappa shape index (κ3) is 24.3. The fraction of sp³-hybridized carbons (Fsp3) is 0.290. The number of aromatic nitrogens is 6. The summed E-state index contributed by atoms with van der Waals surface area (Å²) in [5.74, 6) is -18.9. The van der Waals surface area contributed by atoms with E-state index in [0.29, 0.717) is 36.4 Å². The summed E-state index contributed by atoms with van der Waals surface area (Å²) in [6.45, 7) is 7.59. The number of aryl methyl sites for hydroxylation is 3. The number of pyridine rings is 6. The summed E-state index contributed by atoms with van der Waals surface area (Å²) >= 11 is 0. The first-order valence-corrected chi connectivity index (χ1v) is 41.6. The van der Waals surface area contributed by atoms with E-state index in [2.05, 4.69) is 15.0 Å². The molecule has 6 heterocycles. The van der Waals surface area contributed by atoms with E-state index in [1.807, 2.05) is 31.9 Å². The first-order chi connectivity index (χ1) is 65.5. The fourth-order valence-electron chi connectivity index (χ4n) is 15.2. The van der Waals surface area contributed by atoms with Crippen LogP contribution in [0.3, 0.4) is 0 Å². The highest BCUT2D eigenvalue weighted by molar-refractivity contribution is 6.03. The van der Waals surface area contributed by atoms with E-state index in [1.165, 1.54) is 136 Å². The van der Waals surface area contributed by atoms with Crippen LogP contribution in [0.2, 0.25) is 0 Å². The Morgan fingerprint density at radius 1 is 0.340 bits per heavy atom. The average Bonchev–Trinajstić information content (AvgIpc) is 0.754. The number of benzene rings is 6. The highest BCUT2D eigenvalue weighted by Crippen LogP contribution is 2.44. The zero-order valence-corrected chi connectivity index (χ0v) is 74.3. The van der Waals surface area contributed by atoms with Crippen molar-refractivity contribution >= 4 is 85.4 Å². The number of halogens is 24. The molecule has 0 aliphatic heterocycles. The number of carbonyl (C=O) groups is 6. The molecule has 24 nitrogen and oxygen atoms in total. The number of aliphatic carboxylic acids is 3. The van der Waals surface area contributed by atoms with E-state index in [0.717, 1.165) is 50.1 Å². The van der Waals surface area contributed by atoms with Gasteiger partial charge in [0.1, 0.15) is 87.8 Å². The molecule has 9 N–H and O–H groups in total. The summed E-state index contributed by atoms with van der Waals surface area (Å²) in [6.07, 6.45) is -28.2. The van der Waals surface area contributed by atoms with Crippen molar-refractivity contribution in [1.82, 2.24) is 44.6 Å². The lowest BCUT2D eigenvalue weighted by Gasteiger charge is -2.22. The number of carboxylic acid groups (broad SMARTS) is 3. The molecule has 0 unspecified atom stereocenters. The minimum atomic E-state index is -4.92. The molecule has 12 aromatic rings. The molecule has 0 bridgehead atoms. The lowest BCUT2D eigenvalue weighted by molar-refractivity contribution is -0.143. The molecule has 0 saturated heterocycles. The number of fused-ring (bicyclic) bond motifs is 3. The van der Waals surface area contributed by atoms with E-state index < -0.39 is 266 Å². The van der Waals surface area contributed by atoms with E-state index in [1.54, 1.807) is 0 Å². The topological polar surface area (TPSA) is 340 Å². The Kier molecular flexibility index (Phi) is 32.4. The van der Waals surface area contributed by atoms with E-state index in [-0.39, 0.29) is 83.2 Å². The van der Waals surface area contributed by atoms with Crippen LogP contribution in [0.5, 0.6) is 0 Å². The Hall–Kier alpha value is -15.1. The van der Waals surface area contributed by atoms with Gasteiger partial charge in [0.25, 0.3) is 34.4 Å². The van der Waals surface area contributed by atoms with Crippen LogP contribution in [0, 0.1) is 55.7 Å². The van der Waals surface area contributed by atoms with Crippen molar-refractivity contribution in [3.8, 4) is 33.4 Å². The van der Waals surface area contributed by atoms with Crippen LogP contribution in [-0.2, 0) is 73.3 Å². The molecule has 0 aliphatic rings. The van der Waals surface area contributed by atoms with Crippen molar-refractivity contribution in [2.24, 2.45) is 21.1 Å². The molecule has 3 amide bonds. The van der Waals surface area contributed by atoms with Crippen molar-refractivity contribution in [2.75, 3.05) is 16.0 Å². The number of nitrogens with zero attached hydrogens (tertiary/aromatic N) is 6. The van der Waals surface area contributed by atoms with Gasteiger partial charge in [-0.2, -0.15) is 79.0 Å².